The third kappa shape index (κ3) is 4.99. The molecule has 0 bridgehead atoms. The van der Waals surface area contributed by atoms with Crippen LogP contribution in [0.3, 0.4) is 0 Å². The molecule has 6 nitrogen and oxygen atoms in total. The van der Waals surface area contributed by atoms with Crippen LogP contribution in [-0.2, 0) is 11.3 Å². The van der Waals surface area contributed by atoms with E-state index in [1.54, 1.807) is 0 Å². The highest BCUT2D eigenvalue weighted by Gasteiger charge is 2.29. The van der Waals surface area contributed by atoms with Gasteiger partial charge in [-0.25, -0.2) is 0 Å². The molecule has 0 aromatic heterocycles. The van der Waals surface area contributed by atoms with Gasteiger partial charge in [0.1, 0.15) is 11.9 Å². The Morgan fingerprint density at radius 2 is 2.04 bits per heavy atom. The molecular formula is C21H26N2O4. The van der Waals surface area contributed by atoms with E-state index >= 15 is 0 Å². The molecule has 144 valence electrons. The van der Waals surface area contributed by atoms with E-state index in [-0.39, 0.29) is 24.7 Å². The predicted octanol–water partition coefficient (Wildman–Crippen LogP) is 2.21. The Balaban J connectivity index is 1.67. The van der Waals surface area contributed by atoms with Gasteiger partial charge in [0.25, 0.3) is 5.91 Å². The molecule has 3 rings (SSSR count). The number of carbonyl (C=O) groups excluding carboxylic acids is 1. The fraction of sp³-hybridized carbons (Fsp3) is 0.381. The standard InChI is InChI=1S/C21H26N2O4/c1-23(2)17-5-3-4-16(12-17)21(25)22-19-10-11-26-14-20(19)27-18-8-6-15(13-24)7-9-18/h3-9,12,19-20,24H,10-11,13-14H2,1-2H3,(H,22,25)/t19-,20-/m1/s1. The summed E-state index contributed by atoms with van der Waals surface area (Å²) in [7, 11) is 3.89. The summed E-state index contributed by atoms with van der Waals surface area (Å²) in [6.45, 7) is 1.01. The Labute approximate surface area is 159 Å². The first kappa shape index (κ1) is 19.2. The Morgan fingerprint density at radius 1 is 1.26 bits per heavy atom. The van der Waals surface area contributed by atoms with Gasteiger partial charge in [0.05, 0.1) is 19.3 Å². The zero-order valence-corrected chi connectivity index (χ0v) is 15.7. The number of benzene rings is 2. The quantitative estimate of drug-likeness (QED) is 0.816. The molecule has 0 aliphatic carbocycles. The van der Waals surface area contributed by atoms with Crippen LogP contribution in [0.4, 0.5) is 5.69 Å². The third-order valence-electron chi connectivity index (χ3n) is 4.64. The molecule has 2 aromatic carbocycles. The Hall–Kier alpha value is -2.57. The Kier molecular flexibility index (Phi) is 6.32. The molecule has 0 saturated carbocycles. The minimum Gasteiger partial charge on any atom is -0.486 e. The van der Waals surface area contributed by atoms with E-state index in [4.69, 9.17) is 14.6 Å². The van der Waals surface area contributed by atoms with Crippen molar-refractivity contribution in [2.45, 2.75) is 25.2 Å². The van der Waals surface area contributed by atoms with Crippen molar-refractivity contribution in [2.75, 3.05) is 32.2 Å². The fourth-order valence-corrected chi connectivity index (χ4v) is 3.02. The molecule has 1 fully saturated rings. The first-order valence-corrected chi connectivity index (χ1v) is 9.09. The highest BCUT2D eigenvalue weighted by molar-refractivity contribution is 5.95. The van der Waals surface area contributed by atoms with Gasteiger partial charge in [-0.2, -0.15) is 0 Å². The van der Waals surface area contributed by atoms with Crippen LogP contribution >= 0.6 is 0 Å². The number of aliphatic hydroxyl groups excluding tert-OH is 1. The number of hydrogen-bond donors (Lipinski definition) is 2. The van der Waals surface area contributed by atoms with E-state index in [0.717, 1.165) is 11.3 Å². The summed E-state index contributed by atoms with van der Waals surface area (Å²) in [6, 6.07) is 14.7. The summed E-state index contributed by atoms with van der Waals surface area (Å²) in [6.07, 6.45) is 0.429. The molecule has 1 heterocycles. The Bertz CT molecular complexity index is 761. The lowest BCUT2D eigenvalue weighted by molar-refractivity contribution is -0.0135. The van der Waals surface area contributed by atoms with Crippen molar-refractivity contribution < 1.29 is 19.4 Å². The lowest BCUT2D eigenvalue weighted by atomic mass is 10.0. The molecule has 1 aliphatic heterocycles. The Morgan fingerprint density at radius 3 is 2.74 bits per heavy atom. The first-order valence-electron chi connectivity index (χ1n) is 9.09. The summed E-state index contributed by atoms with van der Waals surface area (Å²) in [5, 5.41) is 12.2. The topological polar surface area (TPSA) is 71.0 Å². The van der Waals surface area contributed by atoms with Crippen LogP contribution in [0.2, 0.25) is 0 Å². The maximum Gasteiger partial charge on any atom is 0.251 e. The zero-order chi connectivity index (χ0) is 19.2. The number of anilines is 1. The van der Waals surface area contributed by atoms with Crippen molar-refractivity contribution in [3.8, 4) is 5.75 Å². The second-order valence-corrected chi connectivity index (χ2v) is 6.85. The van der Waals surface area contributed by atoms with E-state index in [1.807, 2.05) is 67.5 Å². The van der Waals surface area contributed by atoms with Gasteiger partial charge in [-0.3, -0.25) is 4.79 Å². The van der Waals surface area contributed by atoms with Crippen molar-refractivity contribution in [3.63, 3.8) is 0 Å². The molecular weight excluding hydrogens is 344 g/mol. The number of nitrogens with zero attached hydrogens (tertiary/aromatic N) is 1. The van der Waals surface area contributed by atoms with Crippen molar-refractivity contribution >= 4 is 11.6 Å². The molecule has 1 aliphatic rings. The highest BCUT2D eigenvalue weighted by Crippen LogP contribution is 2.20. The smallest absolute Gasteiger partial charge is 0.251 e. The first-order chi connectivity index (χ1) is 13.1. The second kappa shape index (κ2) is 8.88. The predicted molar refractivity (Wildman–Crippen MR) is 104 cm³/mol. The summed E-state index contributed by atoms with van der Waals surface area (Å²) >= 11 is 0. The average Bonchev–Trinajstić information content (AvgIpc) is 2.70. The fourth-order valence-electron chi connectivity index (χ4n) is 3.02. The third-order valence-corrected chi connectivity index (χ3v) is 4.64. The van der Waals surface area contributed by atoms with Crippen molar-refractivity contribution in [2.24, 2.45) is 0 Å². The molecule has 1 saturated heterocycles. The van der Waals surface area contributed by atoms with E-state index in [9.17, 15) is 4.79 Å². The number of ether oxygens (including phenoxy) is 2. The molecule has 2 atom stereocenters. The van der Waals surface area contributed by atoms with Crippen LogP contribution in [0.15, 0.2) is 48.5 Å². The summed E-state index contributed by atoms with van der Waals surface area (Å²) in [5.74, 6) is 0.575. The van der Waals surface area contributed by atoms with Crippen molar-refractivity contribution in [1.29, 1.82) is 0 Å². The van der Waals surface area contributed by atoms with Crippen LogP contribution in [-0.4, -0.2) is 50.5 Å². The molecule has 0 radical (unpaired) electrons. The van der Waals surface area contributed by atoms with Gasteiger partial charge in [-0.05, 0) is 42.3 Å². The van der Waals surface area contributed by atoms with Gasteiger partial charge in [0.2, 0.25) is 0 Å². The van der Waals surface area contributed by atoms with Crippen LogP contribution in [0.5, 0.6) is 5.75 Å². The highest BCUT2D eigenvalue weighted by atomic mass is 16.5. The minimum absolute atomic E-state index is 0.00247. The molecule has 0 unspecified atom stereocenters. The van der Waals surface area contributed by atoms with Gasteiger partial charge >= 0.3 is 0 Å². The molecule has 1 amide bonds. The van der Waals surface area contributed by atoms with Crippen LogP contribution < -0.4 is 15.0 Å². The summed E-state index contributed by atoms with van der Waals surface area (Å²) < 4.78 is 11.6. The molecule has 27 heavy (non-hydrogen) atoms. The number of aliphatic hydroxyl groups is 1. The number of carbonyl (C=O) groups is 1. The SMILES string of the molecule is CN(C)c1cccc(C(=O)N[C@@H]2CCOC[C@H]2Oc2ccc(CO)cc2)c1. The zero-order valence-electron chi connectivity index (χ0n) is 15.7. The van der Waals surface area contributed by atoms with Crippen LogP contribution in [0.25, 0.3) is 0 Å². The molecule has 2 aromatic rings. The molecule has 6 heteroatoms. The van der Waals surface area contributed by atoms with Gasteiger partial charge in [-0.15, -0.1) is 0 Å². The van der Waals surface area contributed by atoms with Crippen molar-refractivity contribution in [3.05, 3.63) is 59.7 Å². The minimum atomic E-state index is -0.264. The van der Waals surface area contributed by atoms with Gasteiger partial charge in [0, 0.05) is 32.0 Å². The molecule has 0 spiro atoms. The van der Waals surface area contributed by atoms with E-state index < -0.39 is 0 Å². The maximum absolute atomic E-state index is 12.7. The van der Waals surface area contributed by atoms with Gasteiger partial charge in [0.15, 0.2) is 0 Å². The summed E-state index contributed by atoms with van der Waals surface area (Å²) in [5.41, 5.74) is 2.43. The number of amides is 1. The van der Waals surface area contributed by atoms with E-state index in [2.05, 4.69) is 5.32 Å². The lowest BCUT2D eigenvalue weighted by Gasteiger charge is -2.32. The van der Waals surface area contributed by atoms with Crippen molar-refractivity contribution in [1.82, 2.24) is 5.32 Å². The largest absolute Gasteiger partial charge is 0.486 e. The molecule has 2 N–H and O–H groups in total. The number of hydrogen-bond acceptors (Lipinski definition) is 5. The average molecular weight is 370 g/mol. The van der Waals surface area contributed by atoms with Crippen LogP contribution in [0, 0.1) is 0 Å². The second-order valence-electron chi connectivity index (χ2n) is 6.85. The summed E-state index contributed by atoms with van der Waals surface area (Å²) in [4.78, 5) is 14.7. The van der Waals surface area contributed by atoms with Gasteiger partial charge < -0.3 is 24.8 Å². The normalized spacial score (nSPS) is 19.4. The van der Waals surface area contributed by atoms with E-state index in [1.165, 1.54) is 0 Å². The number of rotatable bonds is 6. The van der Waals surface area contributed by atoms with E-state index in [0.29, 0.717) is 30.9 Å². The van der Waals surface area contributed by atoms with Crippen LogP contribution in [0.1, 0.15) is 22.3 Å². The number of nitrogens with one attached hydrogen (secondary N) is 1. The lowest BCUT2D eigenvalue weighted by Crippen LogP contribution is -2.51. The monoisotopic (exact) mass is 370 g/mol. The maximum atomic E-state index is 12.7. The van der Waals surface area contributed by atoms with Gasteiger partial charge in [-0.1, -0.05) is 18.2 Å².